The zero-order chi connectivity index (χ0) is 29.2. The van der Waals surface area contributed by atoms with Crippen LogP contribution in [0.4, 0.5) is 0 Å². The third kappa shape index (κ3) is 8.35. The van der Waals surface area contributed by atoms with Gasteiger partial charge in [-0.05, 0) is 53.4 Å². The largest absolute Gasteiger partial charge is 0.493 e. The Kier molecular flexibility index (Phi) is 10.4. The van der Waals surface area contributed by atoms with Crippen LogP contribution < -0.4 is 14.8 Å². The van der Waals surface area contributed by atoms with Crippen LogP contribution in [0.5, 0.6) is 11.5 Å². The smallest absolute Gasteiger partial charge is 0.243 e. The van der Waals surface area contributed by atoms with Crippen LogP contribution in [0.25, 0.3) is 0 Å². The normalized spacial score (nSPS) is 11.4. The Morgan fingerprint density at radius 2 is 1.41 bits per heavy atom. The Hall–Kier alpha value is -4.29. The average molecular weight is 571 g/mol. The van der Waals surface area contributed by atoms with Crippen LogP contribution in [0.3, 0.4) is 0 Å². The number of carbonyl (C=O) groups excluding carboxylic acids is 2. The van der Waals surface area contributed by atoms with E-state index >= 15 is 0 Å². The highest BCUT2D eigenvalue weighted by Crippen LogP contribution is 2.28. The van der Waals surface area contributed by atoms with E-state index in [4.69, 9.17) is 21.1 Å². The van der Waals surface area contributed by atoms with Gasteiger partial charge in [0, 0.05) is 24.5 Å². The van der Waals surface area contributed by atoms with Gasteiger partial charge in [0.05, 0.1) is 20.6 Å². The SMILES string of the molecule is COc1ccc(CC(=O)N(Cc2ccc(Cl)cc2)[C@@H](Cc2ccccc2)C(=O)NCc2ccc(C)cc2)cc1OC. The maximum absolute atomic E-state index is 14.0. The molecule has 4 rings (SSSR count). The molecule has 0 aliphatic rings. The van der Waals surface area contributed by atoms with Crippen molar-refractivity contribution >= 4 is 23.4 Å². The summed E-state index contributed by atoms with van der Waals surface area (Å²) in [7, 11) is 3.13. The number of carbonyl (C=O) groups is 2. The number of ether oxygens (including phenoxy) is 2. The molecule has 4 aromatic rings. The van der Waals surface area contributed by atoms with Crippen LogP contribution >= 0.6 is 11.6 Å². The molecular formula is C34H35ClN2O4. The molecule has 0 heterocycles. The summed E-state index contributed by atoms with van der Waals surface area (Å²) in [6, 6.07) is 29.8. The monoisotopic (exact) mass is 570 g/mol. The number of amides is 2. The van der Waals surface area contributed by atoms with Gasteiger partial charge in [-0.2, -0.15) is 0 Å². The molecule has 0 aromatic heterocycles. The lowest BCUT2D eigenvalue weighted by Crippen LogP contribution is -2.50. The molecule has 0 saturated heterocycles. The molecule has 1 atom stereocenters. The second-order valence-electron chi connectivity index (χ2n) is 9.92. The fraction of sp³-hybridized carbons (Fsp3) is 0.235. The lowest BCUT2D eigenvalue weighted by molar-refractivity contribution is -0.140. The number of halogens is 1. The number of nitrogens with one attached hydrogen (secondary N) is 1. The minimum atomic E-state index is -0.744. The van der Waals surface area contributed by atoms with E-state index in [9.17, 15) is 9.59 Å². The van der Waals surface area contributed by atoms with Crippen molar-refractivity contribution in [1.82, 2.24) is 10.2 Å². The molecule has 7 heteroatoms. The van der Waals surface area contributed by atoms with Crippen molar-refractivity contribution in [2.24, 2.45) is 0 Å². The molecule has 212 valence electrons. The highest BCUT2D eigenvalue weighted by molar-refractivity contribution is 6.30. The minimum absolute atomic E-state index is 0.0878. The summed E-state index contributed by atoms with van der Waals surface area (Å²) in [5.41, 5.74) is 4.73. The molecule has 1 N–H and O–H groups in total. The molecule has 0 unspecified atom stereocenters. The molecule has 6 nitrogen and oxygen atoms in total. The van der Waals surface area contributed by atoms with Crippen LogP contribution in [0.2, 0.25) is 5.02 Å². The van der Waals surface area contributed by atoms with Gasteiger partial charge < -0.3 is 19.7 Å². The number of hydrogen-bond acceptors (Lipinski definition) is 4. The number of aryl methyl sites for hydroxylation is 1. The van der Waals surface area contributed by atoms with E-state index in [1.54, 1.807) is 43.4 Å². The molecule has 41 heavy (non-hydrogen) atoms. The predicted octanol–water partition coefficient (Wildman–Crippen LogP) is 6.16. The number of methoxy groups -OCH3 is 2. The van der Waals surface area contributed by atoms with Crippen molar-refractivity contribution in [3.8, 4) is 11.5 Å². The maximum Gasteiger partial charge on any atom is 0.243 e. The first-order chi connectivity index (χ1) is 19.9. The first-order valence-electron chi connectivity index (χ1n) is 13.5. The summed E-state index contributed by atoms with van der Waals surface area (Å²) in [4.78, 5) is 29.5. The third-order valence-corrected chi connectivity index (χ3v) is 7.18. The molecule has 0 bridgehead atoms. The van der Waals surface area contributed by atoms with Gasteiger partial charge in [0.15, 0.2) is 11.5 Å². The van der Waals surface area contributed by atoms with Gasteiger partial charge in [0.1, 0.15) is 6.04 Å². The molecule has 0 saturated carbocycles. The van der Waals surface area contributed by atoms with Gasteiger partial charge in [0.2, 0.25) is 11.8 Å². The predicted molar refractivity (Wildman–Crippen MR) is 162 cm³/mol. The summed E-state index contributed by atoms with van der Waals surface area (Å²) in [6.07, 6.45) is 0.455. The first-order valence-corrected chi connectivity index (χ1v) is 13.9. The van der Waals surface area contributed by atoms with Gasteiger partial charge in [0.25, 0.3) is 0 Å². The van der Waals surface area contributed by atoms with Gasteiger partial charge in [-0.25, -0.2) is 0 Å². The van der Waals surface area contributed by atoms with E-state index < -0.39 is 6.04 Å². The maximum atomic E-state index is 14.0. The van der Waals surface area contributed by atoms with Gasteiger partial charge >= 0.3 is 0 Å². The summed E-state index contributed by atoms with van der Waals surface area (Å²) < 4.78 is 10.8. The van der Waals surface area contributed by atoms with Crippen molar-refractivity contribution < 1.29 is 19.1 Å². The summed E-state index contributed by atoms with van der Waals surface area (Å²) in [5, 5.41) is 3.68. The van der Waals surface area contributed by atoms with E-state index in [0.717, 1.165) is 27.8 Å². The molecule has 0 radical (unpaired) electrons. The fourth-order valence-electron chi connectivity index (χ4n) is 4.62. The molecule has 0 aliphatic carbocycles. The van der Waals surface area contributed by atoms with Crippen LogP contribution in [0, 0.1) is 6.92 Å². The Morgan fingerprint density at radius 3 is 2.07 bits per heavy atom. The summed E-state index contributed by atoms with van der Waals surface area (Å²) in [6.45, 7) is 2.64. The summed E-state index contributed by atoms with van der Waals surface area (Å²) in [5.74, 6) is 0.723. The lowest BCUT2D eigenvalue weighted by atomic mass is 10.0. The van der Waals surface area contributed by atoms with E-state index in [2.05, 4.69) is 5.32 Å². The molecule has 2 amide bonds. The first kappa shape index (κ1) is 29.7. The highest BCUT2D eigenvalue weighted by Gasteiger charge is 2.30. The van der Waals surface area contributed by atoms with Crippen LogP contribution in [-0.2, 0) is 35.5 Å². The van der Waals surface area contributed by atoms with Crippen LogP contribution in [0.15, 0.2) is 97.1 Å². The third-order valence-electron chi connectivity index (χ3n) is 6.93. The Bertz CT molecular complexity index is 1440. The van der Waals surface area contributed by atoms with Gasteiger partial charge in [-0.1, -0.05) is 90.0 Å². The van der Waals surface area contributed by atoms with Crippen molar-refractivity contribution in [1.29, 1.82) is 0 Å². The standard InChI is InChI=1S/C34H35ClN2O4/c1-24-9-11-26(12-10-24)22-36-34(39)30(19-25-7-5-4-6-8-25)37(23-27-13-16-29(35)17-14-27)33(38)21-28-15-18-31(40-2)32(20-28)41-3/h4-18,20,30H,19,21-23H2,1-3H3,(H,36,39)/t30-/m0/s1. The molecule has 4 aromatic carbocycles. The molecule has 0 fully saturated rings. The number of rotatable bonds is 12. The number of nitrogens with zero attached hydrogens (tertiary/aromatic N) is 1. The van der Waals surface area contributed by atoms with Crippen molar-refractivity contribution in [3.63, 3.8) is 0 Å². The molecular weight excluding hydrogens is 536 g/mol. The van der Waals surface area contributed by atoms with E-state index in [1.807, 2.05) is 79.7 Å². The van der Waals surface area contributed by atoms with Crippen LogP contribution in [-0.4, -0.2) is 37.0 Å². The van der Waals surface area contributed by atoms with Gasteiger partial charge in [-0.15, -0.1) is 0 Å². The molecule has 0 aliphatic heterocycles. The van der Waals surface area contributed by atoms with E-state index in [-0.39, 0.29) is 24.8 Å². The second kappa shape index (κ2) is 14.4. The number of hydrogen-bond donors (Lipinski definition) is 1. The lowest BCUT2D eigenvalue weighted by Gasteiger charge is -2.32. The molecule has 0 spiro atoms. The quantitative estimate of drug-likeness (QED) is 0.221. The second-order valence-corrected chi connectivity index (χ2v) is 10.4. The summed E-state index contributed by atoms with van der Waals surface area (Å²) >= 11 is 6.13. The number of benzene rings is 4. The highest BCUT2D eigenvalue weighted by atomic mass is 35.5. The fourth-order valence-corrected chi connectivity index (χ4v) is 4.75. The van der Waals surface area contributed by atoms with Gasteiger partial charge in [-0.3, -0.25) is 9.59 Å². The Labute approximate surface area is 246 Å². The van der Waals surface area contributed by atoms with Crippen molar-refractivity contribution in [2.45, 2.75) is 38.9 Å². The van der Waals surface area contributed by atoms with Crippen molar-refractivity contribution in [3.05, 3.63) is 130 Å². The zero-order valence-electron chi connectivity index (χ0n) is 23.6. The minimum Gasteiger partial charge on any atom is -0.493 e. The topological polar surface area (TPSA) is 67.9 Å². The van der Waals surface area contributed by atoms with E-state index in [1.165, 1.54) is 0 Å². The van der Waals surface area contributed by atoms with E-state index in [0.29, 0.717) is 29.5 Å². The average Bonchev–Trinajstić information content (AvgIpc) is 2.99. The zero-order valence-corrected chi connectivity index (χ0v) is 24.4. The van der Waals surface area contributed by atoms with Crippen molar-refractivity contribution in [2.75, 3.05) is 14.2 Å². The Morgan fingerprint density at radius 1 is 0.780 bits per heavy atom. The van der Waals surface area contributed by atoms with Crippen LogP contribution in [0.1, 0.15) is 27.8 Å². The Balaban J connectivity index is 1.66.